The highest BCUT2D eigenvalue weighted by Gasteiger charge is 2.32. The zero-order valence-corrected chi connectivity index (χ0v) is 21.0. The largest absolute Gasteiger partial charge is 0.0761 e. The zero-order chi connectivity index (χ0) is 25.1. The van der Waals surface area contributed by atoms with Crippen molar-refractivity contribution in [2.24, 2.45) is 5.92 Å². The molecule has 0 nitrogen and oxygen atoms in total. The van der Waals surface area contributed by atoms with Gasteiger partial charge in [0.05, 0.1) is 0 Å². The molecule has 0 heteroatoms. The summed E-state index contributed by atoms with van der Waals surface area (Å²) < 4.78 is 0. The first-order valence-electron chi connectivity index (χ1n) is 13.5. The molecule has 0 bridgehead atoms. The number of fused-ring (bicyclic) bond motifs is 6. The van der Waals surface area contributed by atoms with Gasteiger partial charge in [0.15, 0.2) is 0 Å². The molecule has 0 aliphatic heterocycles. The van der Waals surface area contributed by atoms with Crippen LogP contribution in [0, 0.1) is 5.92 Å². The van der Waals surface area contributed by atoms with Crippen LogP contribution in [0.1, 0.15) is 22.6 Å². The van der Waals surface area contributed by atoms with Gasteiger partial charge in [-0.1, -0.05) is 146 Å². The van der Waals surface area contributed by atoms with Crippen molar-refractivity contribution in [3.05, 3.63) is 156 Å². The van der Waals surface area contributed by atoms with Gasteiger partial charge in [-0.25, -0.2) is 0 Å². The van der Waals surface area contributed by atoms with Gasteiger partial charge in [-0.15, -0.1) is 0 Å². The third kappa shape index (κ3) is 3.10. The summed E-state index contributed by atoms with van der Waals surface area (Å²) in [6.45, 7) is 0. The fourth-order valence-corrected chi connectivity index (χ4v) is 6.82. The second kappa shape index (κ2) is 8.43. The average Bonchev–Trinajstić information content (AvgIpc) is 2.99. The van der Waals surface area contributed by atoms with Crippen LogP contribution in [0.25, 0.3) is 55.1 Å². The summed E-state index contributed by atoms with van der Waals surface area (Å²) in [7, 11) is 0. The highest BCUT2D eigenvalue weighted by Crippen LogP contribution is 2.51. The molecule has 6 aromatic carbocycles. The third-order valence-electron chi connectivity index (χ3n) is 8.44. The van der Waals surface area contributed by atoms with E-state index in [1.165, 1.54) is 65.7 Å². The van der Waals surface area contributed by atoms with Crippen molar-refractivity contribution in [1.29, 1.82) is 0 Å². The van der Waals surface area contributed by atoms with Crippen molar-refractivity contribution in [2.45, 2.75) is 5.92 Å². The second-order valence-corrected chi connectivity index (χ2v) is 10.4. The topological polar surface area (TPSA) is 0 Å². The zero-order valence-electron chi connectivity index (χ0n) is 21.0. The molecule has 2 unspecified atom stereocenters. The maximum Gasteiger partial charge on any atom is 0.0131 e. The summed E-state index contributed by atoms with van der Waals surface area (Å²) in [5.41, 5.74) is 8.14. The Balaban J connectivity index is 1.51. The normalized spacial score (nSPS) is 17.9. The minimum absolute atomic E-state index is 0.310. The smallest absolute Gasteiger partial charge is 0.0131 e. The fraction of sp³-hybridized carbons (Fsp3) is 0.0526. The lowest BCUT2D eigenvalue weighted by Gasteiger charge is -2.34. The molecule has 178 valence electrons. The van der Waals surface area contributed by atoms with Crippen molar-refractivity contribution >= 4 is 44.0 Å². The third-order valence-corrected chi connectivity index (χ3v) is 8.44. The Labute approximate surface area is 222 Å². The molecular formula is C38H26. The molecule has 0 spiro atoms. The van der Waals surface area contributed by atoms with E-state index in [1.807, 2.05) is 0 Å². The van der Waals surface area contributed by atoms with E-state index in [-0.39, 0.29) is 0 Å². The van der Waals surface area contributed by atoms with Crippen LogP contribution < -0.4 is 0 Å². The maximum atomic E-state index is 2.45. The Bertz CT molecular complexity index is 1920. The predicted octanol–water partition coefficient (Wildman–Crippen LogP) is 10.2. The molecule has 2 atom stereocenters. The first-order chi connectivity index (χ1) is 18.9. The number of hydrogen-bond acceptors (Lipinski definition) is 0. The first-order valence-corrected chi connectivity index (χ1v) is 13.5. The minimum atomic E-state index is 0.310. The van der Waals surface area contributed by atoms with E-state index in [2.05, 4.69) is 146 Å². The van der Waals surface area contributed by atoms with Gasteiger partial charge in [0.2, 0.25) is 0 Å². The van der Waals surface area contributed by atoms with Gasteiger partial charge < -0.3 is 0 Å². The Morgan fingerprint density at radius 3 is 1.71 bits per heavy atom. The van der Waals surface area contributed by atoms with Gasteiger partial charge in [0.25, 0.3) is 0 Å². The van der Waals surface area contributed by atoms with E-state index >= 15 is 0 Å². The molecule has 0 heterocycles. The minimum Gasteiger partial charge on any atom is -0.0761 e. The van der Waals surface area contributed by atoms with E-state index < -0.39 is 0 Å². The Morgan fingerprint density at radius 2 is 0.974 bits per heavy atom. The average molecular weight is 483 g/mol. The van der Waals surface area contributed by atoms with E-state index in [0.717, 1.165) is 0 Å². The Morgan fingerprint density at radius 1 is 0.421 bits per heavy atom. The molecule has 0 saturated carbocycles. The number of allylic oxidation sites excluding steroid dienone is 5. The highest BCUT2D eigenvalue weighted by molar-refractivity contribution is 6.22. The van der Waals surface area contributed by atoms with Gasteiger partial charge in [-0.05, 0) is 65.7 Å². The lowest BCUT2D eigenvalue weighted by molar-refractivity contribution is 0.710. The molecule has 0 N–H and O–H groups in total. The molecule has 38 heavy (non-hydrogen) atoms. The monoisotopic (exact) mass is 482 g/mol. The molecular weight excluding hydrogens is 456 g/mol. The number of hydrogen-bond donors (Lipinski definition) is 0. The molecule has 0 radical (unpaired) electrons. The van der Waals surface area contributed by atoms with E-state index in [0.29, 0.717) is 11.8 Å². The van der Waals surface area contributed by atoms with Gasteiger partial charge in [-0.2, -0.15) is 0 Å². The number of rotatable bonds is 2. The summed E-state index contributed by atoms with van der Waals surface area (Å²) in [6.07, 6.45) is 11.7. The van der Waals surface area contributed by atoms with Crippen LogP contribution >= 0.6 is 0 Å². The molecule has 6 aromatic rings. The molecule has 0 aromatic heterocycles. The second-order valence-electron chi connectivity index (χ2n) is 10.4. The summed E-state index contributed by atoms with van der Waals surface area (Å²) in [5.74, 6) is 0.664. The van der Waals surface area contributed by atoms with Crippen molar-refractivity contribution in [3.63, 3.8) is 0 Å². The van der Waals surface area contributed by atoms with Crippen LogP contribution in [0.2, 0.25) is 0 Å². The van der Waals surface area contributed by atoms with Crippen LogP contribution in [0.5, 0.6) is 0 Å². The van der Waals surface area contributed by atoms with Crippen molar-refractivity contribution < 1.29 is 0 Å². The molecule has 8 rings (SSSR count). The Hall–Kier alpha value is -4.68. The molecule has 0 fully saturated rings. The van der Waals surface area contributed by atoms with Crippen LogP contribution in [-0.4, -0.2) is 0 Å². The van der Waals surface area contributed by atoms with Crippen LogP contribution in [0.4, 0.5) is 0 Å². The summed E-state index contributed by atoms with van der Waals surface area (Å²) >= 11 is 0. The molecule has 0 amide bonds. The molecule has 2 aliphatic rings. The highest BCUT2D eigenvalue weighted by atomic mass is 14.3. The van der Waals surface area contributed by atoms with Gasteiger partial charge in [0, 0.05) is 11.8 Å². The predicted molar refractivity (Wildman–Crippen MR) is 163 cm³/mol. The first kappa shape index (κ1) is 21.4. The summed E-state index contributed by atoms with van der Waals surface area (Å²) in [5, 5.41) is 7.83. The van der Waals surface area contributed by atoms with Crippen LogP contribution in [0.15, 0.2) is 140 Å². The van der Waals surface area contributed by atoms with E-state index in [9.17, 15) is 0 Å². The van der Waals surface area contributed by atoms with Gasteiger partial charge in [-0.3, -0.25) is 0 Å². The van der Waals surface area contributed by atoms with Crippen LogP contribution in [-0.2, 0) is 0 Å². The van der Waals surface area contributed by atoms with Crippen molar-refractivity contribution in [2.75, 3.05) is 0 Å². The Kier molecular flexibility index (Phi) is 4.75. The molecule has 0 saturated heterocycles. The summed E-state index contributed by atoms with van der Waals surface area (Å²) in [6, 6.07) is 42.4. The fourth-order valence-electron chi connectivity index (χ4n) is 6.82. The van der Waals surface area contributed by atoms with Crippen LogP contribution in [0.3, 0.4) is 0 Å². The standard InChI is InChI=1S/C38H26/c1-3-15-27-25(12-1)14-11-23-31(27)37-32-19-7-9-21-34(32)38(35-22-10-8-20-33(35)37)36-24-26-13-2-4-16-28(26)29-17-5-6-18-30(29)36/h1-24,29-30H. The van der Waals surface area contributed by atoms with Gasteiger partial charge >= 0.3 is 0 Å². The van der Waals surface area contributed by atoms with Crippen molar-refractivity contribution in [3.8, 4) is 11.1 Å². The lowest BCUT2D eigenvalue weighted by Crippen LogP contribution is -2.18. The molecule has 2 aliphatic carbocycles. The maximum absolute atomic E-state index is 2.45. The van der Waals surface area contributed by atoms with Gasteiger partial charge in [0.1, 0.15) is 0 Å². The van der Waals surface area contributed by atoms with E-state index in [4.69, 9.17) is 0 Å². The van der Waals surface area contributed by atoms with Crippen molar-refractivity contribution in [1.82, 2.24) is 0 Å². The summed E-state index contributed by atoms with van der Waals surface area (Å²) in [4.78, 5) is 0. The lowest BCUT2D eigenvalue weighted by atomic mass is 9.69. The van der Waals surface area contributed by atoms with E-state index in [1.54, 1.807) is 0 Å². The quantitative estimate of drug-likeness (QED) is 0.215. The SMILES string of the molecule is C1=CC2C(c3c4ccccc4c(-c4cccc5ccccc45)c4ccccc34)=Cc3ccccc3C2C=C1. The number of benzene rings is 6.